The molecule has 0 saturated heterocycles. The molecule has 2 N–H and O–H groups in total. The Bertz CT molecular complexity index is 682. The molecule has 0 aliphatic rings. The van der Waals surface area contributed by atoms with Crippen molar-refractivity contribution in [1.82, 2.24) is 14.8 Å². The summed E-state index contributed by atoms with van der Waals surface area (Å²) < 4.78 is 1.86. The van der Waals surface area contributed by atoms with Gasteiger partial charge < -0.3 is 15.0 Å². The maximum Gasteiger partial charge on any atom is 0.335 e. The summed E-state index contributed by atoms with van der Waals surface area (Å²) in [7, 11) is 1.86. The Morgan fingerprint density at radius 3 is 2.50 bits per heavy atom. The fourth-order valence-corrected chi connectivity index (χ4v) is 2.53. The van der Waals surface area contributed by atoms with Crippen LogP contribution in [0.5, 0.6) is 0 Å². The van der Waals surface area contributed by atoms with Crippen LogP contribution in [0.4, 0.5) is 5.69 Å². The Morgan fingerprint density at radius 1 is 1.27 bits per heavy atom. The average Bonchev–Trinajstić information content (AvgIpc) is 2.86. The van der Waals surface area contributed by atoms with Crippen LogP contribution in [0.15, 0.2) is 29.4 Å². The van der Waals surface area contributed by atoms with Crippen molar-refractivity contribution in [2.75, 3.05) is 11.1 Å². The molecule has 0 bridgehead atoms. The summed E-state index contributed by atoms with van der Waals surface area (Å²) in [6, 6.07) is 6.01. The number of aryl methyl sites for hydroxylation is 1. The number of aromatic nitrogens is 3. The van der Waals surface area contributed by atoms with Gasteiger partial charge in [0.15, 0.2) is 5.16 Å². The molecule has 2 rings (SSSR count). The van der Waals surface area contributed by atoms with E-state index in [4.69, 9.17) is 5.11 Å². The third-order valence-electron chi connectivity index (χ3n) is 2.99. The fourth-order valence-electron chi connectivity index (χ4n) is 1.80. The predicted octanol–water partition coefficient (Wildman–Crippen LogP) is 1.81. The van der Waals surface area contributed by atoms with E-state index >= 15 is 0 Å². The van der Waals surface area contributed by atoms with Gasteiger partial charge in [0.2, 0.25) is 5.91 Å². The predicted molar refractivity (Wildman–Crippen MR) is 83.1 cm³/mol. The summed E-state index contributed by atoms with van der Waals surface area (Å²) >= 11 is 1.30. The maximum absolute atomic E-state index is 11.9. The minimum absolute atomic E-state index is 0.179. The number of carbonyl (C=O) groups is 2. The SMILES string of the molecule is CCc1nnc(SCC(=O)Nc2ccc(C(=O)O)cc2)n1C. The van der Waals surface area contributed by atoms with Gasteiger partial charge in [-0.25, -0.2) is 4.79 Å². The molecular formula is C14H16N4O3S. The summed E-state index contributed by atoms with van der Waals surface area (Å²) in [5, 5.41) is 20.3. The van der Waals surface area contributed by atoms with Crippen LogP contribution in [0, 0.1) is 0 Å². The number of carboxylic acids is 1. The van der Waals surface area contributed by atoms with Crippen molar-refractivity contribution in [2.45, 2.75) is 18.5 Å². The van der Waals surface area contributed by atoms with Crippen LogP contribution in [0.25, 0.3) is 0 Å². The zero-order chi connectivity index (χ0) is 16.1. The van der Waals surface area contributed by atoms with E-state index in [1.165, 1.54) is 23.9 Å². The lowest BCUT2D eigenvalue weighted by Crippen LogP contribution is -2.14. The quantitative estimate of drug-likeness (QED) is 0.788. The highest BCUT2D eigenvalue weighted by Crippen LogP contribution is 2.16. The van der Waals surface area contributed by atoms with Crippen LogP contribution in [0.2, 0.25) is 0 Å². The van der Waals surface area contributed by atoms with Crippen molar-refractivity contribution in [3.63, 3.8) is 0 Å². The molecule has 0 unspecified atom stereocenters. The number of nitrogens with zero attached hydrogens (tertiary/aromatic N) is 3. The van der Waals surface area contributed by atoms with Crippen molar-refractivity contribution in [3.05, 3.63) is 35.7 Å². The van der Waals surface area contributed by atoms with Gasteiger partial charge in [-0.15, -0.1) is 10.2 Å². The zero-order valence-corrected chi connectivity index (χ0v) is 13.1. The molecule has 7 nitrogen and oxygen atoms in total. The first-order valence-corrected chi connectivity index (χ1v) is 7.64. The molecular weight excluding hydrogens is 304 g/mol. The number of amides is 1. The number of thioether (sulfide) groups is 1. The van der Waals surface area contributed by atoms with Gasteiger partial charge in [0, 0.05) is 19.2 Å². The second-order valence-electron chi connectivity index (χ2n) is 4.53. The molecule has 8 heteroatoms. The first-order chi connectivity index (χ1) is 10.5. The number of anilines is 1. The summed E-state index contributed by atoms with van der Waals surface area (Å²) in [4.78, 5) is 22.6. The summed E-state index contributed by atoms with van der Waals surface area (Å²) in [5.41, 5.74) is 0.737. The van der Waals surface area contributed by atoms with Gasteiger partial charge in [0.05, 0.1) is 11.3 Å². The number of carboxylic acid groups (broad SMARTS) is 1. The minimum atomic E-state index is -0.998. The minimum Gasteiger partial charge on any atom is -0.478 e. The summed E-state index contributed by atoms with van der Waals surface area (Å²) in [6.07, 6.45) is 0.784. The molecule has 1 amide bonds. The standard InChI is InChI=1S/C14H16N4O3S/c1-3-11-16-17-14(18(11)2)22-8-12(19)15-10-6-4-9(5-7-10)13(20)21/h4-7H,3,8H2,1-2H3,(H,15,19)(H,20,21). The lowest BCUT2D eigenvalue weighted by atomic mass is 10.2. The van der Waals surface area contributed by atoms with Crippen molar-refractivity contribution in [2.24, 2.45) is 7.05 Å². The molecule has 1 aromatic carbocycles. The number of hydrogen-bond donors (Lipinski definition) is 2. The van der Waals surface area contributed by atoms with Gasteiger partial charge in [-0.2, -0.15) is 0 Å². The van der Waals surface area contributed by atoms with Gasteiger partial charge in [0.25, 0.3) is 0 Å². The number of rotatable bonds is 6. The van der Waals surface area contributed by atoms with Crippen molar-refractivity contribution < 1.29 is 14.7 Å². The number of aromatic carboxylic acids is 1. The van der Waals surface area contributed by atoms with E-state index in [-0.39, 0.29) is 17.2 Å². The van der Waals surface area contributed by atoms with Crippen LogP contribution in [-0.2, 0) is 18.3 Å². The van der Waals surface area contributed by atoms with Gasteiger partial charge in [-0.3, -0.25) is 4.79 Å². The molecule has 0 saturated carbocycles. The number of benzene rings is 1. The molecule has 22 heavy (non-hydrogen) atoms. The molecule has 2 aromatic rings. The monoisotopic (exact) mass is 320 g/mol. The Morgan fingerprint density at radius 2 is 1.95 bits per heavy atom. The molecule has 0 atom stereocenters. The van der Waals surface area contributed by atoms with Crippen molar-refractivity contribution in [3.8, 4) is 0 Å². The van der Waals surface area contributed by atoms with Gasteiger partial charge >= 0.3 is 5.97 Å². The second-order valence-corrected chi connectivity index (χ2v) is 5.47. The van der Waals surface area contributed by atoms with Gasteiger partial charge in [-0.1, -0.05) is 18.7 Å². The average molecular weight is 320 g/mol. The van der Waals surface area contributed by atoms with Gasteiger partial charge in [-0.05, 0) is 24.3 Å². The highest BCUT2D eigenvalue weighted by Gasteiger charge is 2.10. The zero-order valence-electron chi connectivity index (χ0n) is 12.2. The third kappa shape index (κ3) is 3.85. The highest BCUT2D eigenvalue weighted by molar-refractivity contribution is 7.99. The van der Waals surface area contributed by atoms with Crippen LogP contribution < -0.4 is 5.32 Å². The van der Waals surface area contributed by atoms with Crippen LogP contribution in [0.1, 0.15) is 23.1 Å². The van der Waals surface area contributed by atoms with Crippen molar-refractivity contribution in [1.29, 1.82) is 0 Å². The van der Waals surface area contributed by atoms with E-state index in [9.17, 15) is 9.59 Å². The van der Waals surface area contributed by atoms with Crippen LogP contribution in [0.3, 0.4) is 0 Å². The van der Waals surface area contributed by atoms with Crippen molar-refractivity contribution >= 4 is 29.3 Å². The Hall–Kier alpha value is -2.35. The molecule has 0 radical (unpaired) electrons. The number of carbonyl (C=O) groups excluding carboxylic acids is 1. The van der Waals surface area contributed by atoms with E-state index in [2.05, 4.69) is 15.5 Å². The molecule has 0 fully saturated rings. The van der Waals surface area contributed by atoms with Crippen LogP contribution in [-0.4, -0.2) is 37.5 Å². The summed E-state index contributed by atoms with van der Waals surface area (Å²) in [6.45, 7) is 1.99. The molecule has 0 aliphatic carbocycles. The van der Waals surface area contributed by atoms with Crippen LogP contribution >= 0.6 is 11.8 Å². The van der Waals surface area contributed by atoms with Gasteiger partial charge in [0.1, 0.15) is 5.82 Å². The smallest absolute Gasteiger partial charge is 0.335 e. The molecule has 116 valence electrons. The third-order valence-corrected chi connectivity index (χ3v) is 4.01. The maximum atomic E-state index is 11.9. The molecule has 0 spiro atoms. The molecule has 0 aliphatic heterocycles. The lowest BCUT2D eigenvalue weighted by Gasteiger charge is -2.05. The highest BCUT2D eigenvalue weighted by atomic mass is 32.2. The first kappa shape index (κ1) is 16.0. The van der Waals surface area contributed by atoms with E-state index in [0.717, 1.165) is 12.2 Å². The fraction of sp³-hybridized carbons (Fsp3) is 0.286. The summed E-state index contributed by atoms with van der Waals surface area (Å²) in [5.74, 6) is -0.111. The first-order valence-electron chi connectivity index (χ1n) is 6.65. The number of hydrogen-bond acceptors (Lipinski definition) is 5. The number of nitrogens with one attached hydrogen (secondary N) is 1. The van der Waals surface area contributed by atoms with E-state index < -0.39 is 5.97 Å². The Labute approximate surface area is 131 Å². The molecule has 1 aromatic heterocycles. The molecule has 1 heterocycles. The normalized spacial score (nSPS) is 10.5. The topological polar surface area (TPSA) is 97.1 Å². The van der Waals surface area contributed by atoms with E-state index in [1.54, 1.807) is 12.1 Å². The van der Waals surface area contributed by atoms with E-state index in [0.29, 0.717) is 10.8 Å². The Kier molecular flexibility index (Phi) is 5.16. The largest absolute Gasteiger partial charge is 0.478 e. The second kappa shape index (κ2) is 7.08. The Balaban J connectivity index is 1.90. The lowest BCUT2D eigenvalue weighted by molar-refractivity contribution is -0.113. The van der Waals surface area contributed by atoms with E-state index in [1.807, 2.05) is 18.5 Å².